The summed E-state index contributed by atoms with van der Waals surface area (Å²) in [5.74, 6) is 0.785. The van der Waals surface area contributed by atoms with Gasteiger partial charge in [0, 0.05) is 44.5 Å². The molecule has 1 N–H and O–H groups in total. The van der Waals surface area contributed by atoms with Crippen molar-refractivity contribution in [1.82, 2.24) is 19.9 Å². The largest absolute Gasteiger partial charge is 0.372 e. The lowest BCUT2D eigenvalue weighted by molar-refractivity contribution is -0.0350. The molecule has 1 fully saturated rings. The molecule has 0 radical (unpaired) electrons. The van der Waals surface area contributed by atoms with Crippen molar-refractivity contribution in [3.8, 4) is 0 Å². The molecule has 2 aromatic rings. The Bertz CT molecular complexity index is 547. The number of rotatable bonds is 4. The van der Waals surface area contributed by atoms with Crippen molar-refractivity contribution in [2.75, 3.05) is 32.1 Å². The van der Waals surface area contributed by atoms with Gasteiger partial charge in [-0.2, -0.15) is 0 Å². The Morgan fingerprint density at radius 1 is 1.40 bits per heavy atom. The fourth-order valence-corrected chi connectivity index (χ4v) is 2.88. The molecule has 1 atom stereocenters. The van der Waals surface area contributed by atoms with Crippen molar-refractivity contribution >= 4 is 17.2 Å². The van der Waals surface area contributed by atoms with E-state index in [0.29, 0.717) is 6.61 Å². The molecule has 0 amide bonds. The van der Waals surface area contributed by atoms with Gasteiger partial charge in [0.2, 0.25) is 0 Å². The summed E-state index contributed by atoms with van der Waals surface area (Å²) >= 11 is 1.63. The van der Waals surface area contributed by atoms with Gasteiger partial charge in [-0.25, -0.2) is 9.97 Å². The number of ether oxygens (including phenoxy) is 1. The van der Waals surface area contributed by atoms with E-state index in [-0.39, 0.29) is 6.10 Å². The van der Waals surface area contributed by atoms with Crippen molar-refractivity contribution in [3.05, 3.63) is 34.7 Å². The normalized spacial score (nSPS) is 19.9. The fourth-order valence-electron chi connectivity index (χ4n) is 2.33. The summed E-state index contributed by atoms with van der Waals surface area (Å²) in [7, 11) is 1.85. The van der Waals surface area contributed by atoms with Gasteiger partial charge in [-0.05, 0) is 0 Å². The predicted molar refractivity (Wildman–Crippen MR) is 77.7 cm³/mol. The molecule has 0 aliphatic carbocycles. The maximum absolute atomic E-state index is 5.85. The van der Waals surface area contributed by atoms with Crippen LogP contribution in [0, 0.1) is 0 Å². The number of hydrogen-bond acceptors (Lipinski definition) is 7. The maximum atomic E-state index is 5.85. The molecule has 3 rings (SSSR count). The monoisotopic (exact) mass is 291 g/mol. The average Bonchev–Trinajstić information content (AvgIpc) is 3.00. The molecule has 2 aromatic heterocycles. The third kappa shape index (κ3) is 2.95. The molecule has 3 heterocycles. The predicted octanol–water partition coefficient (Wildman–Crippen LogP) is 1.55. The minimum atomic E-state index is -0.0430. The number of anilines is 1. The van der Waals surface area contributed by atoms with Crippen molar-refractivity contribution in [2.45, 2.75) is 12.6 Å². The van der Waals surface area contributed by atoms with Crippen LogP contribution in [0.15, 0.2) is 23.3 Å². The quantitative estimate of drug-likeness (QED) is 0.922. The number of nitrogens with one attached hydrogen (secondary N) is 1. The summed E-state index contributed by atoms with van der Waals surface area (Å²) in [6.45, 7) is 3.29. The lowest BCUT2D eigenvalue weighted by Gasteiger charge is -2.32. The van der Waals surface area contributed by atoms with Crippen molar-refractivity contribution in [1.29, 1.82) is 0 Å². The second-order valence-electron chi connectivity index (χ2n) is 4.61. The molecule has 106 valence electrons. The second-order valence-corrected chi connectivity index (χ2v) is 5.33. The molecule has 0 aromatic carbocycles. The first-order chi connectivity index (χ1) is 9.86. The zero-order valence-electron chi connectivity index (χ0n) is 11.3. The highest BCUT2D eigenvalue weighted by atomic mass is 32.1. The van der Waals surface area contributed by atoms with E-state index >= 15 is 0 Å². The Balaban J connectivity index is 1.71. The standard InChI is InChI=1S/C13H17N5OS/c1-14-13-12(15-2-3-16-13)11-7-18(4-5-19-11)6-10-8-20-9-17-10/h2-3,8-9,11H,4-7H2,1H3,(H,14,16)/t11-/m1/s1. The highest BCUT2D eigenvalue weighted by Crippen LogP contribution is 2.25. The zero-order valence-corrected chi connectivity index (χ0v) is 12.1. The lowest BCUT2D eigenvalue weighted by Crippen LogP contribution is -2.38. The average molecular weight is 291 g/mol. The molecular weight excluding hydrogens is 274 g/mol. The van der Waals surface area contributed by atoms with Gasteiger partial charge in [0.1, 0.15) is 17.6 Å². The summed E-state index contributed by atoms with van der Waals surface area (Å²) < 4.78 is 5.85. The summed E-state index contributed by atoms with van der Waals surface area (Å²) in [5, 5.41) is 5.16. The summed E-state index contributed by atoms with van der Waals surface area (Å²) in [6, 6.07) is 0. The van der Waals surface area contributed by atoms with Crippen molar-refractivity contribution in [3.63, 3.8) is 0 Å². The third-order valence-corrected chi connectivity index (χ3v) is 3.92. The van der Waals surface area contributed by atoms with E-state index in [1.54, 1.807) is 23.7 Å². The smallest absolute Gasteiger partial charge is 0.150 e. The first kappa shape index (κ1) is 13.4. The number of thiazole rings is 1. The zero-order chi connectivity index (χ0) is 13.8. The van der Waals surface area contributed by atoms with Crippen LogP contribution in [-0.2, 0) is 11.3 Å². The molecule has 0 spiro atoms. The molecule has 1 aliphatic rings. The molecule has 20 heavy (non-hydrogen) atoms. The number of aromatic nitrogens is 3. The van der Waals surface area contributed by atoms with Crippen LogP contribution < -0.4 is 5.32 Å². The summed E-state index contributed by atoms with van der Waals surface area (Å²) in [4.78, 5) is 15.4. The Morgan fingerprint density at radius 3 is 3.10 bits per heavy atom. The van der Waals surface area contributed by atoms with E-state index in [9.17, 15) is 0 Å². The molecule has 1 aliphatic heterocycles. The lowest BCUT2D eigenvalue weighted by atomic mass is 10.2. The van der Waals surface area contributed by atoms with Crippen LogP contribution in [0.25, 0.3) is 0 Å². The van der Waals surface area contributed by atoms with Gasteiger partial charge in [-0.1, -0.05) is 0 Å². The second kappa shape index (κ2) is 6.25. The Kier molecular flexibility index (Phi) is 4.19. The number of nitrogens with zero attached hydrogens (tertiary/aromatic N) is 4. The van der Waals surface area contributed by atoms with Gasteiger partial charge in [0.25, 0.3) is 0 Å². The minimum absolute atomic E-state index is 0.0430. The number of morpholine rings is 1. The minimum Gasteiger partial charge on any atom is -0.372 e. The Labute approximate surface area is 121 Å². The first-order valence-electron chi connectivity index (χ1n) is 6.56. The van der Waals surface area contributed by atoms with E-state index in [0.717, 1.165) is 36.8 Å². The summed E-state index contributed by atoms with van der Waals surface area (Å²) in [5.41, 5.74) is 3.86. The molecule has 6 nitrogen and oxygen atoms in total. The molecule has 7 heteroatoms. The van der Waals surface area contributed by atoms with Crippen molar-refractivity contribution in [2.24, 2.45) is 0 Å². The van der Waals surface area contributed by atoms with Crippen LogP contribution in [-0.4, -0.2) is 46.6 Å². The highest BCUT2D eigenvalue weighted by molar-refractivity contribution is 7.07. The molecule has 0 bridgehead atoms. The van der Waals surface area contributed by atoms with Crippen molar-refractivity contribution < 1.29 is 4.74 Å². The van der Waals surface area contributed by atoms with Gasteiger partial charge in [-0.15, -0.1) is 11.3 Å². The van der Waals surface area contributed by atoms with Gasteiger partial charge < -0.3 is 10.1 Å². The van der Waals surface area contributed by atoms with Gasteiger partial charge in [0.05, 0.1) is 17.8 Å². The molecule has 0 unspecified atom stereocenters. The maximum Gasteiger partial charge on any atom is 0.150 e. The molecule has 1 saturated heterocycles. The van der Waals surface area contributed by atoms with Gasteiger partial charge in [0.15, 0.2) is 0 Å². The third-order valence-electron chi connectivity index (χ3n) is 3.29. The van der Waals surface area contributed by atoms with E-state index < -0.39 is 0 Å². The SMILES string of the molecule is CNc1nccnc1[C@H]1CN(Cc2cscn2)CCO1. The molecular formula is C13H17N5OS. The van der Waals surface area contributed by atoms with E-state index in [2.05, 4.69) is 30.5 Å². The van der Waals surface area contributed by atoms with Crippen LogP contribution in [0.5, 0.6) is 0 Å². The summed E-state index contributed by atoms with van der Waals surface area (Å²) in [6.07, 6.45) is 3.35. The first-order valence-corrected chi connectivity index (χ1v) is 7.51. The topological polar surface area (TPSA) is 63.2 Å². The Hall–Kier alpha value is -1.57. The van der Waals surface area contributed by atoms with E-state index in [1.807, 2.05) is 12.6 Å². The Morgan fingerprint density at radius 2 is 2.30 bits per heavy atom. The fraction of sp³-hybridized carbons (Fsp3) is 0.462. The highest BCUT2D eigenvalue weighted by Gasteiger charge is 2.25. The van der Waals surface area contributed by atoms with E-state index in [1.165, 1.54) is 0 Å². The van der Waals surface area contributed by atoms with E-state index in [4.69, 9.17) is 4.74 Å². The van der Waals surface area contributed by atoms with Crippen LogP contribution in [0.1, 0.15) is 17.5 Å². The molecule has 0 saturated carbocycles. The van der Waals surface area contributed by atoms with Gasteiger partial charge >= 0.3 is 0 Å². The van der Waals surface area contributed by atoms with Crippen LogP contribution >= 0.6 is 11.3 Å². The number of hydrogen-bond donors (Lipinski definition) is 1. The van der Waals surface area contributed by atoms with Crippen LogP contribution in [0.4, 0.5) is 5.82 Å². The van der Waals surface area contributed by atoms with Crippen LogP contribution in [0.3, 0.4) is 0 Å². The van der Waals surface area contributed by atoms with Crippen LogP contribution in [0.2, 0.25) is 0 Å². The van der Waals surface area contributed by atoms with Gasteiger partial charge in [-0.3, -0.25) is 9.88 Å².